The Balaban J connectivity index is 2.78. The molecule has 1 aliphatic rings. The summed E-state index contributed by atoms with van der Waals surface area (Å²) in [6.45, 7) is 10.2. The molecule has 0 radical (unpaired) electrons. The van der Waals surface area contributed by atoms with E-state index in [0.717, 1.165) is 0 Å². The molecule has 96 valence electrons. The maximum atomic E-state index is 12.1. The van der Waals surface area contributed by atoms with Gasteiger partial charge in [0, 0.05) is 0 Å². The van der Waals surface area contributed by atoms with Crippen LogP contribution in [0, 0.1) is 12.3 Å². The summed E-state index contributed by atoms with van der Waals surface area (Å²) in [6.07, 6.45) is 4.63. The van der Waals surface area contributed by atoms with E-state index in [1.807, 2.05) is 34.6 Å². The molecule has 0 unspecified atom stereocenters. The molecule has 0 spiro atoms. The quantitative estimate of drug-likeness (QED) is 0.607. The van der Waals surface area contributed by atoms with Gasteiger partial charge in [-0.05, 0) is 34.6 Å². The fourth-order valence-electron chi connectivity index (χ4n) is 1.59. The van der Waals surface area contributed by atoms with Crippen LogP contribution < -0.4 is 0 Å². The molecule has 0 aliphatic carbocycles. The van der Waals surface area contributed by atoms with E-state index in [1.165, 1.54) is 0 Å². The first kappa shape index (κ1) is 13.9. The van der Waals surface area contributed by atoms with E-state index < -0.39 is 11.1 Å². The van der Waals surface area contributed by atoms with Crippen molar-refractivity contribution in [2.45, 2.75) is 51.9 Å². The average Bonchev–Trinajstić information content (AvgIpc) is 2.14. The number of carbonyl (C=O) groups is 1. The molecule has 1 fully saturated rings. The van der Waals surface area contributed by atoms with Crippen molar-refractivity contribution in [3.8, 4) is 12.3 Å². The Morgan fingerprint density at radius 3 is 2.59 bits per heavy atom. The van der Waals surface area contributed by atoms with Crippen molar-refractivity contribution in [1.82, 2.24) is 4.90 Å². The number of terminal acetylenes is 1. The van der Waals surface area contributed by atoms with E-state index in [4.69, 9.17) is 15.9 Å². The summed E-state index contributed by atoms with van der Waals surface area (Å²) >= 11 is 0. The van der Waals surface area contributed by atoms with Crippen molar-refractivity contribution in [2.24, 2.45) is 0 Å². The predicted octanol–water partition coefficient (Wildman–Crippen LogP) is 2.03. The molecule has 1 saturated heterocycles. The molecule has 0 aromatic heterocycles. The molecule has 0 aromatic carbocycles. The Labute approximate surface area is 103 Å². The van der Waals surface area contributed by atoms with Gasteiger partial charge < -0.3 is 9.47 Å². The SMILES string of the molecule is C#C[C@H]1CN(C(=O)OC(C)(C)C)C(C)(C)CO1. The third kappa shape index (κ3) is 3.64. The Hall–Kier alpha value is -1.21. The van der Waals surface area contributed by atoms with Gasteiger partial charge in [0.25, 0.3) is 0 Å². The van der Waals surface area contributed by atoms with Crippen molar-refractivity contribution < 1.29 is 14.3 Å². The van der Waals surface area contributed by atoms with Crippen LogP contribution in [0.5, 0.6) is 0 Å². The molecule has 1 amide bonds. The van der Waals surface area contributed by atoms with E-state index in [9.17, 15) is 4.79 Å². The summed E-state index contributed by atoms with van der Waals surface area (Å²) in [5, 5.41) is 0. The predicted molar refractivity (Wildman–Crippen MR) is 65.6 cm³/mol. The van der Waals surface area contributed by atoms with Crippen molar-refractivity contribution in [3.05, 3.63) is 0 Å². The van der Waals surface area contributed by atoms with Gasteiger partial charge in [0.2, 0.25) is 0 Å². The number of amides is 1. The molecule has 4 heteroatoms. The number of ether oxygens (including phenoxy) is 2. The topological polar surface area (TPSA) is 38.8 Å². The monoisotopic (exact) mass is 239 g/mol. The van der Waals surface area contributed by atoms with Gasteiger partial charge in [-0.1, -0.05) is 5.92 Å². The van der Waals surface area contributed by atoms with E-state index in [2.05, 4.69) is 5.92 Å². The second-order valence-electron chi connectivity index (χ2n) is 5.87. The van der Waals surface area contributed by atoms with Gasteiger partial charge in [-0.2, -0.15) is 0 Å². The fraction of sp³-hybridized carbons (Fsp3) is 0.769. The highest BCUT2D eigenvalue weighted by Gasteiger charge is 2.39. The Kier molecular flexibility index (Phi) is 3.73. The fourth-order valence-corrected chi connectivity index (χ4v) is 1.59. The van der Waals surface area contributed by atoms with Crippen LogP contribution in [-0.4, -0.2) is 41.4 Å². The van der Waals surface area contributed by atoms with Gasteiger partial charge in [-0.15, -0.1) is 6.42 Å². The van der Waals surface area contributed by atoms with Crippen LogP contribution >= 0.6 is 0 Å². The number of hydrogen-bond donors (Lipinski definition) is 0. The minimum atomic E-state index is -0.503. The first-order valence-corrected chi connectivity index (χ1v) is 5.74. The Morgan fingerprint density at radius 1 is 1.53 bits per heavy atom. The number of nitrogens with zero attached hydrogens (tertiary/aromatic N) is 1. The summed E-state index contributed by atoms with van der Waals surface area (Å²) in [4.78, 5) is 13.7. The highest BCUT2D eigenvalue weighted by molar-refractivity contribution is 5.69. The molecule has 4 nitrogen and oxygen atoms in total. The molecule has 1 atom stereocenters. The standard InChI is InChI=1S/C13H21NO3/c1-7-10-8-14(13(5,6)9-16-10)11(15)17-12(2,3)4/h1,10H,8-9H2,2-6H3/t10-/m0/s1. The molecule has 0 N–H and O–H groups in total. The summed E-state index contributed by atoms with van der Waals surface area (Å²) in [6, 6.07) is 0. The summed E-state index contributed by atoms with van der Waals surface area (Å²) in [5.74, 6) is 2.52. The lowest BCUT2D eigenvalue weighted by Gasteiger charge is -2.44. The molecular formula is C13H21NO3. The van der Waals surface area contributed by atoms with Gasteiger partial charge in [0.05, 0.1) is 18.7 Å². The third-order valence-corrected chi connectivity index (χ3v) is 2.52. The highest BCUT2D eigenvalue weighted by Crippen LogP contribution is 2.24. The number of carbonyl (C=O) groups excluding carboxylic acids is 1. The largest absolute Gasteiger partial charge is 0.444 e. The summed E-state index contributed by atoms with van der Waals surface area (Å²) < 4.78 is 10.8. The van der Waals surface area contributed by atoms with E-state index in [0.29, 0.717) is 13.2 Å². The van der Waals surface area contributed by atoms with Crippen LogP contribution in [0.4, 0.5) is 4.79 Å². The molecule has 0 saturated carbocycles. The van der Waals surface area contributed by atoms with Crippen molar-refractivity contribution in [2.75, 3.05) is 13.2 Å². The maximum Gasteiger partial charge on any atom is 0.410 e. The second kappa shape index (κ2) is 4.58. The lowest BCUT2D eigenvalue weighted by atomic mass is 10.0. The number of morpholine rings is 1. The van der Waals surface area contributed by atoms with E-state index >= 15 is 0 Å². The van der Waals surface area contributed by atoms with Crippen molar-refractivity contribution in [3.63, 3.8) is 0 Å². The first-order chi connectivity index (χ1) is 7.65. The lowest BCUT2D eigenvalue weighted by Crippen LogP contribution is -2.59. The molecule has 1 aliphatic heterocycles. The van der Waals surface area contributed by atoms with E-state index in [1.54, 1.807) is 4.90 Å². The van der Waals surface area contributed by atoms with Gasteiger partial charge in [0.1, 0.15) is 11.7 Å². The normalized spacial score (nSPS) is 24.0. The number of rotatable bonds is 0. The smallest absolute Gasteiger partial charge is 0.410 e. The van der Waals surface area contributed by atoms with Crippen LogP contribution in [0.25, 0.3) is 0 Å². The second-order valence-corrected chi connectivity index (χ2v) is 5.87. The van der Waals surface area contributed by atoms with Gasteiger partial charge >= 0.3 is 6.09 Å². The van der Waals surface area contributed by atoms with Crippen LogP contribution in [0.3, 0.4) is 0 Å². The molecule has 1 heterocycles. The Morgan fingerprint density at radius 2 is 2.12 bits per heavy atom. The summed E-state index contributed by atoms with van der Waals surface area (Å²) in [7, 11) is 0. The van der Waals surface area contributed by atoms with Gasteiger partial charge in [-0.25, -0.2) is 4.79 Å². The van der Waals surface area contributed by atoms with Crippen LogP contribution in [-0.2, 0) is 9.47 Å². The first-order valence-electron chi connectivity index (χ1n) is 5.74. The van der Waals surface area contributed by atoms with Gasteiger partial charge in [-0.3, -0.25) is 4.90 Å². The molecule has 17 heavy (non-hydrogen) atoms. The van der Waals surface area contributed by atoms with Crippen molar-refractivity contribution in [1.29, 1.82) is 0 Å². The van der Waals surface area contributed by atoms with Crippen LogP contribution in [0.15, 0.2) is 0 Å². The van der Waals surface area contributed by atoms with Crippen LogP contribution in [0.1, 0.15) is 34.6 Å². The minimum absolute atomic E-state index is 0.342. The number of hydrogen-bond acceptors (Lipinski definition) is 3. The van der Waals surface area contributed by atoms with E-state index in [-0.39, 0.29) is 12.2 Å². The molecule has 1 rings (SSSR count). The average molecular weight is 239 g/mol. The third-order valence-electron chi connectivity index (χ3n) is 2.52. The zero-order valence-electron chi connectivity index (χ0n) is 11.2. The molecular weight excluding hydrogens is 218 g/mol. The zero-order valence-corrected chi connectivity index (χ0v) is 11.2. The molecule has 0 bridgehead atoms. The Bertz CT molecular complexity index is 336. The van der Waals surface area contributed by atoms with Crippen LogP contribution in [0.2, 0.25) is 0 Å². The van der Waals surface area contributed by atoms with Gasteiger partial charge in [0.15, 0.2) is 0 Å². The minimum Gasteiger partial charge on any atom is -0.444 e. The highest BCUT2D eigenvalue weighted by atomic mass is 16.6. The zero-order chi connectivity index (χ0) is 13.3. The lowest BCUT2D eigenvalue weighted by molar-refractivity contribution is -0.0810. The maximum absolute atomic E-state index is 12.1. The summed E-state index contributed by atoms with van der Waals surface area (Å²) in [5.41, 5.74) is -0.896. The van der Waals surface area contributed by atoms with Crippen molar-refractivity contribution >= 4 is 6.09 Å². The molecule has 0 aromatic rings.